The molecule has 0 saturated heterocycles. The third kappa shape index (κ3) is 5.70. The third-order valence-electron chi connectivity index (χ3n) is 2.90. The molecular weight excluding hydrogens is 310 g/mol. The van der Waals surface area contributed by atoms with E-state index in [1.54, 1.807) is 6.07 Å². The number of halogens is 1. The summed E-state index contributed by atoms with van der Waals surface area (Å²) in [5.74, 6) is 0. The van der Waals surface area contributed by atoms with E-state index in [4.69, 9.17) is 4.74 Å². The highest BCUT2D eigenvalue weighted by Gasteiger charge is 2.14. The fourth-order valence-electron chi connectivity index (χ4n) is 1.81. The van der Waals surface area contributed by atoms with Crippen molar-refractivity contribution in [1.82, 2.24) is 0 Å². The monoisotopic (exact) mass is 329 g/mol. The Morgan fingerprint density at radius 1 is 1.26 bits per heavy atom. The minimum absolute atomic E-state index is 0.0871. The normalized spacial score (nSPS) is 10.6. The number of hydrogen-bond acceptors (Lipinski definition) is 3. The van der Waals surface area contributed by atoms with Crippen LogP contribution in [0.4, 0.5) is 5.69 Å². The van der Waals surface area contributed by atoms with Crippen molar-refractivity contribution < 1.29 is 9.66 Å². The topological polar surface area (TPSA) is 52.4 Å². The Hall–Kier alpha value is -0.940. The van der Waals surface area contributed by atoms with Gasteiger partial charge in [-0.2, -0.15) is 0 Å². The third-order valence-corrected chi connectivity index (χ3v) is 3.82. The highest BCUT2D eigenvalue weighted by molar-refractivity contribution is 9.10. The number of hydrogen-bond donors (Lipinski definition) is 0. The van der Waals surface area contributed by atoms with Gasteiger partial charge in [0.05, 0.1) is 11.5 Å². The van der Waals surface area contributed by atoms with E-state index in [0.29, 0.717) is 17.7 Å². The summed E-state index contributed by atoms with van der Waals surface area (Å²) in [6.45, 7) is 3.31. The SMILES string of the molecule is CCCCCCCOCc1cccc([N+](=O)[O-])c1Br. The quantitative estimate of drug-likeness (QED) is 0.370. The molecule has 0 radical (unpaired) electrons. The molecule has 0 saturated carbocycles. The zero-order chi connectivity index (χ0) is 14.1. The van der Waals surface area contributed by atoms with Crippen LogP contribution in [-0.4, -0.2) is 11.5 Å². The fraction of sp³-hybridized carbons (Fsp3) is 0.571. The van der Waals surface area contributed by atoms with Crippen molar-refractivity contribution >= 4 is 21.6 Å². The Labute approximate surface area is 122 Å². The van der Waals surface area contributed by atoms with Gasteiger partial charge in [0.25, 0.3) is 5.69 Å². The zero-order valence-corrected chi connectivity index (χ0v) is 12.8. The van der Waals surface area contributed by atoms with E-state index in [9.17, 15) is 10.1 Å². The number of ether oxygens (including phenoxy) is 1. The lowest BCUT2D eigenvalue weighted by molar-refractivity contribution is -0.385. The number of rotatable bonds is 9. The Kier molecular flexibility index (Phi) is 7.67. The van der Waals surface area contributed by atoms with Crippen molar-refractivity contribution in [3.63, 3.8) is 0 Å². The predicted octanol–water partition coefficient (Wildman–Crippen LogP) is 4.84. The van der Waals surface area contributed by atoms with Crippen LogP contribution >= 0.6 is 15.9 Å². The second-order valence-electron chi connectivity index (χ2n) is 4.47. The van der Waals surface area contributed by atoms with Crippen molar-refractivity contribution in [2.45, 2.75) is 45.6 Å². The van der Waals surface area contributed by atoms with E-state index < -0.39 is 4.92 Å². The molecule has 0 aliphatic heterocycles. The average Bonchev–Trinajstić information content (AvgIpc) is 2.39. The number of nitro benzene ring substituents is 1. The van der Waals surface area contributed by atoms with Crippen LogP contribution in [0.2, 0.25) is 0 Å². The van der Waals surface area contributed by atoms with Crippen LogP contribution in [0.15, 0.2) is 22.7 Å². The highest BCUT2D eigenvalue weighted by atomic mass is 79.9. The summed E-state index contributed by atoms with van der Waals surface area (Å²) in [6.07, 6.45) is 5.99. The molecule has 0 heterocycles. The molecule has 106 valence electrons. The molecule has 0 spiro atoms. The molecule has 0 unspecified atom stereocenters. The van der Waals surface area contributed by atoms with Crippen molar-refractivity contribution in [3.05, 3.63) is 38.3 Å². The van der Waals surface area contributed by atoms with Crippen LogP contribution in [0, 0.1) is 10.1 Å². The van der Waals surface area contributed by atoms with Crippen molar-refractivity contribution in [1.29, 1.82) is 0 Å². The molecular formula is C14H20BrNO3. The molecule has 5 heteroatoms. The standard InChI is InChI=1S/C14H20BrNO3/c1-2-3-4-5-6-10-19-11-12-8-7-9-13(14(12)15)16(17)18/h7-9H,2-6,10-11H2,1H3. The van der Waals surface area contributed by atoms with Gasteiger partial charge in [0.1, 0.15) is 4.47 Å². The maximum absolute atomic E-state index is 10.8. The lowest BCUT2D eigenvalue weighted by atomic mass is 10.2. The van der Waals surface area contributed by atoms with Crippen molar-refractivity contribution in [2.24, 2.45) is 0 Å². The largest absolute Gasteiger partial charge is 0.377 e. The summed E-state index contributed by atoms with van der Waals surface area (Å²) in [6, 6.07) is 5.01. The Bertz CT molecular complexity index is 410. The number of benzene rings is 1. The van der Waals surface area contributed by atoms with E-state index in [2.05, 4.69) is 22.9 Å². The minimum Gasteiger partial charge on any atom is -0.377 e. The van der Waals surface area contributed by atoms with E-state index in [1.165, 1.54) is 31.7 Å². The van der Waals surface area contributed by atoms with Crippen molar-refractivity contribution in [3.8, 4) is 0 Å². The molecule has 0 N–H and O–H groups in total. The summed E-state index contributed by atoms with van der Waals surface area (Å²) in [7, 11) is 0. The first kappa shape index (κ1) is 16.1. The molecule has 0 amide bonds. The van der Waals surface area contributed by atoms with Gasteiger partial charge >= 0.3 is 0 Å². The van der Waals surface area contributed by atoms with Gasteiger partial charge < -0.3 is 4.74 Å². The average molecular weight is 330 g/mol. The van der Waals surface area contributed by atoms with Crippen LogP contribution in [0.5, 0.6) is 0 Å². The molecule has 0 fully saturated rings. The fourth-order valence-corrected chi connectivity index (χ4v) is 2.33. The molecule has 1 aromatic rings. The minimum atomic E-state index is -0.391. The maximum atomic E-state index is 10.8. The number of unbranched alkanes of at least 4 members (excludes halogenated alkanes) is 4. The number of nitro groups is 1. The van der Waals surface area contributed by atoms with Gasteiger partial charge in [-0.15, -0.1) is 0 Å². The van der Waals surface area contributed by atoms with E-state index in [0.717, 1.165) is 12.0 Å². The first-order valence-corrected chi connectivity index (χ1v) is 7.45. The van der Waals surface area contributed by atoms with Crippen LogP contribution in [0.25, 0.3) is 0 Å². The van der Waals surface area contributed by atoms with Gasteiger partial charge in [-0.25, -0.2) is 0 Å². The van der Waals surface area contributed by atoms with E-state index in [1.807, 2.05) is 6.07 Å². The summed E-state index contributed by atoms with van der Waals surface area (Å²) in [5.41, 5.74) is 0.909. The van der Waals surface area contributed by atoms with Crippen LogP contribution in [0.1, 0.15) is 44.6 Å². The first-order valence-electron chi connectivity index (χ1n) is 6.66. The van der Waals surface area contributed by atoms with Crippen molar-refractivity contribution in [2.75, 3.05) is 6.61 Å². The molecule has 0 bridgehead atoms. The zero-order valence-electron chi connectivity index (χ0n) is 11.2. The Balaban J connectivity index is 2.33. The van der Waals surface area contributed by atoms with Crippen LogP contribution in [-0.2, 0) is 11.3 Å². The van der Waals surface area contributed by atoms with Crippen LogP contribution < -0.4 is 0 Å². The summed E-state index contributed by atoms with van der Waals surface area (Å²) in [4.78, 5) is 10.4. The van der Waals surface area contributed by atoms with Gasteiger partial charge in [0.15, 0.2) is 0 Å². The predicted molar refractivity (Wildman–Crippen MR) is 79.2 cm³/mol. The molecule has 4 nitrogen and oxygen atoms in total. The molecule has 1 rings (SSSR count). The summed E-state index contributed by atoms with van der Waals surface area (Å²) >= 11 is 3.26. The van der Waals surface area contributed by atoms with Gasteiger partial charge in [-0.1, -0.05) is 44.7 Å². The molecule has 19 heavy (non-hydrogen) atoms. The lowest BCUT2D eigenvalue weighted by Gasteiger charge is -2.06. The second kappa shape index (κ2) is 9.04. The molecule has 0 atom stereocenters. The van der Waals surface area contributed by atoms with Gasteiger partial charge in [0, 0.05) is 12.7 Å². The van der Waals surface area contributed by atoms with E-state index in [-0.39, 0.29) is 5.69 Å². The smallest absolute Gasteiger partial charge is 0.283 e. The number of nitrogens with zero attached hydrogens (tertiary/aromatic N) is 1. The van der Waals surface area contributed by atoms with E-state index >= 15 is 0 Å². The van der Waals surface area contributed by atoms with Gasteiger partial charge in [-0.05, 0) is 27.9 Å². The Morgan fingerprint density at radius 3 is 2.68 bits per heavy atom. The van der Waals surface area contributed by atoms with Gasteiger partial charge in [-0.3, -0.25) is 10.1 Å². The molecule has 0 aliphatic rings. The summed E-state index contributed by atoms with van der Waals surface area (Å²) in [5, 5.41) is 10.8. The highest BCUT2D eigenvalue weighted by Crippen LogP contribution is 2.28. The second-order valence-corrected chi connectivity index (χ2v) is 5.27. The lowest BCUT2D eigenvalue weighted by Crippen LogP contribution is -1.98. The molecule has 0 aromatic heterocycles. The molecule has 1 aromatic carbocycles. The Morgan fingerprint density at radius 2 is 2.00 bits per heavy atom. The van der Waals surface area contributed by atoms with Crippen LogP contribution in [0.3, 0.4) is 0 Å². The van der Waals surface area contributed by atoms with Gasteiger partial charge in [0.2, 0.25) is 0 Å². The maximum Gasteiger partial charge on any atom is 0.283 e. The summed E-state index contributed by atoms with van der Waals surface area (Å²) < 4.78 is 6.08. The first-order chi connectivity index (χ1) is 9.16. The molecule has 0 aliphatic carbocycles.